The number of hydrogen-bond donors (Lipinski definition) is 0. The lowest BCUT2D eigenvalue weighted by molar-refractivity contribution is 2.15. The van der Waals surface area contributed by atoms with Crippen molar-refractivity contribution >= 4 is 235 Å². The fraction of sp³-hybridized carbons (Fsp3) is 0.0909. The second kappa shape index (κ2) is 14.6. The quantitative estimate of drug-likeness (QED) is 0.226. The Balaban J connectivity index is 0.813. The maximum absolute atomic E-state index is 2.20. The molecule has 0 N–H and O–H groups in total. The van der Waals surface area contributed by atoms with Crippen molar-refractivity contribution in [3.05, 3.63) is 89.4 Å². The van der Waals surface area contributed by atoms with Crippen molar-refractivity contribution < 1.29 is 0 Å². The second-order valence-corrected chi connectivity index (χ2v) is 32.4. The van der Waals surface area contributed by atoms with E-state index in [-0.39, 0.29) is 0 Å². The summed E-state index contributed by atoms with van der Waals surface area (Å²) in [7, 11) is 0. The van der Waals surface area contributed by atoms with Gasteiger partial charge in [0, 0.05) is 10.2 Å². The molecule has 0 aromatic heterocycles. The molecule has 0 aromatic carbocycles. The van der Waals surface area contributed by atoms with E-state index in [1.165, 1.54) is 67.8 Å². The lowest BCUT2D eigenvalue weighted by atomic mass is 11.2. The zero-order valence-corrected chi connectivity index (χ0v) is 36.2. The Morgan fingerprint density at radius 2 is 0.429 bits per heavy atom. The highest BCUT2D eigenvalue weighted by molar-refractivity contribution is 8.52. The van der Waals surface area contributed by atoms with Crippen molar-refractivity contribution in [3.8, 4) is 0 Å². The van der Waals surface area contributed by atoms with E-state index in [0.717, 1.165) is 10.2 Å². The topological polar surface area (TPSA) is 0 Å². The second-order valence-electron chi connectivity index (χ2n) is 7.65. The summed E-state index contributed by atoms with van der Waals surface area (Å²) < 4.78 is 23.8. The Labute approximate surface area is 329 Å². The van der Waals surface area contributed by atoms with Crippen molar-refractivity contribution in [2.75, 3.05) is 10.2 Å². The molecule has 0 unspecified atom stereocenters. The van der Waals surface area contributed by atoms with E-state index in [1.807, 2.05) is 235 Å². The summed E-state index contributed by atoms with van der Waals surface area (Å²) in [5.41, 5.74) is 0. The summed E-state index contributed by atoms with van der Waals surface area (Å²) in [5, 5.41) is 10.9. The van der Waals surface area contributed by atoms with Gasteiger partial charge < -0.3 is 0 Å². The molecular formula is C22H8S20. The Hall–Kier alpha value is 4.40. The molecule has 0 radical (unpaired) electrons. The third-order valence-corrected chi connectivity index (χ3v) is 34.0. The first-order valence-electron chi connectivity index (χ1n) is 11.3. The number of hydrogen-bond acceptors (Lipinski definition) is 20. The highest BCUT2D eigenvalue weighted by Gasteiger charge is 2.38. The van der Waals surface area contributed by atoms with E-state index in [9.17, 15) is 0 Å². The van der Waals surface area contributed by atoms with Crippen molar-refractivity contribution in [3.63, 3.8) is 0 Å². The van der Waals surface area contributed by atoms with Crippen LogP contribution in [0.15, 0.2) is 89.4 Å². The van der Waals surface area contributed by atoms with Crippen LogP contribution in [-0.4, -0.2) is 10.2 Å². The minimum atomic E-state index is 1.08. The van der Waals surface area contributed by atoms with Crippen LogP contribution in [0, 0.1) is 0 Å². The summed E-state index contributed by atoms with van der Waals surface area (Å²) in [6, 6.07) is 0. The van der Waals surface area contributed by atoms with Gasteiger partial charge in [0.15, 0.2) is 0 Å². The third-order valence-electron chi connectivity index (χ3n) is 5.13. The van der Waals surface area contributed by atoms with Gasteiger partial charge in [0.25, 0.3) is 0 Å². The Morgan fingerprint density at radius 1 is 0.238 bits per heavy atom. The van der Waals surface area contributed by atoms with Crippen LogP contribution in [0.2, 0.25) is 0 Å². The Morgan fingerprint density at radius 3 is 0.667 bits per heavy atom. The van der Waals surface area contributed by atoms with Gasteiger partial charge in [0.2, 0.25) is 0 Å². The summed E-state index contributed by atoms with van der Waals surface area (Å²) >= 11 is 39.6. The predicted molar refractivity (Wildman–Crippen MR) is 236 cm³/mol. The highest BCUT2D eigenvalue weighted by atomic mass is 32.3. The largest absolute Gasteiger partial charge is 0.106 e. The van der Waals surface area contributed by atoms with E-state index in [4.69, 9.17) is 0 Å². The first kappa shape index (κ1) is 32.3. The molecule has 42 heavy (non-hydrogen) atoms. The zero-order valence-electron chi connectivity index (χ0n) is 19.9. The van der Waals surface area contributed by atoms with Gasteiger partial charge in [-0.1, -0.05) is 188 Å². The first-order chi connectivity index (χ1) is 20.7. The summed E-state index contributed by atoms with van der Waals surface area (Å²) in [4.78, 5) is 0. The molecule has 0 bridgehead atoms. The van der Waals surface area contributed by atoms with E-state index >= 15 is 0 Å². The molecule has 0 aliphatic carbocycles. The van der Waals surface area contributed by atoms with E-state index < -0.39 is 0 Å². The van der Waals surface area contributed by atoms with Gasteiger partial charge in [0.1, 0.15) is 0 Å². The zero-order chi connectivity index (χ0) is 27.6. The van der Waals surface area contributed by atoms with Gasteiger partial charge in [-0.3, -0.25) is 0 Å². The van der Waals surface area contributed by atoms with Crippen LogP contribution >= 0.6 is 235 Å². The molecule has 0 saturated carbocycles. The minimum Gasteiger partial charge on any atom is -0.106 e. The molecule has 0 amide bonds. The van der Waals surface area contributed by atoms with E-state index in [0.29, 0.717) is 0 Å². The van der Waals surface area contributed by atoms with Crippen LogP contribution in [-0.2, 0) is 0 Å². The molecule has 0 fully saturated rings. The van der Waals surface area contributed by atoms with Crippen molar-refractivity contribution in [2.24, 2.45) is 0 Å². The fourth-order valence-corrected chi connectivity index (χ4v) is 33.8. The molecule has 0 aromatic rings. The smallest absolute Gasteiger partial charge is 0.0718 e. The Kier molecular flexibility index (Phi) is 11.2. The standard InChI is InChI=1S/C22H8S20/c1-2-24-7(23-1)13-35-19-20(36-13)40-17(39-19)15-31-9-10(32-15)28-6-30-12-11(29-5-27-9)33-16(34-12)18-41-21-22(42-18)38-14(37-21)8-25-3-4-26-8/h1-4H,5-6H2. The lowest BCUT2D eigenvalue weighted by Gasteiger charge is -2.09. The molecule has 0 spiro atoms. The van der Waals surface area contributed by atoms with Crippen LogP contribution in [0.25, 0.3) is 0 Å². The molecule has 0 nitrogen and oxygen atoms in total. The summed E-state index contributed by atoms with van der Waals surface area (Å²) in [6.45, 7) is 0. The van der Waals surface area contributed by atoms with Crippen LogP contribution in [0.3, 0.4) is 0 Å². The van der Waals surface area contributed by atoms with Crippen molar-refractivity contribution in [1.29, 1.82) is 0 Å². The van der Waals surface area contributed by atoms with Gasteiger partial charge in [-0.15, -0.1) is 47.0 Å². The Bertz CT molecular complexity index is 1410. The van der Waals surface area contributed by atoms with Crippen molar-refractivity contribution in [1.82, 2.24) is 0 Å². The lowest BCUT2D eigenvalue weighted by Crippen LogP contribution is -1.80. The monoisotopic (exact) mass is 912 g/mol. The molecular weight excluding hydrogens is 906 g/mol. The maximum atomic E-state index is 2.20. The molecule has 9 heterocycles. The van der Waals surface area contributed by atoms with Gasteiger partial charge in [-0.25, -0.2) is 0 Å². The first-order valence-corrected chi connectivity index (χ1v) is 28.6. The predicted octanol–water partition coefficient (Wildman–Crippen LogP) is 16.6. The maximum Gasteiger partial charge on any atom is 0.0718 e. The molecule has 20 heteroatoms. The minimum absolute atomic E-state index is 1.08. The highest BCUT2D eigenvalue weighted by Crippen LogP contribution is 2.74. The average Bonchev–Trinajstić information content (AvgIpc) is 3.82. The van der Waals surface area contributed by atoms with Gasteiger partial charge in [-0.05, 0) is 21.6 Å². The summed E-state index contributed by atoms with van der Waals surface area (Å²) in [5.74, 6) is 0. The SMILES string of the molecule is C1=CSC(=C2SC3=C(S2)SC(=C2SC4=C(SCSC5=C(SCS4)SC(=C4SC6=C(SC(=C7SC=CS7)S6)S4)S5)S2)S3)S1. The van der Waals surface area contributed by atoms with Gasteiger partial charge >= 0.3 is 0 Å². The van der Waals surface area contributed by atoms with Gasteiger partial charge in [0.05, 0.1) is 67.8 Å². The number of rotatable bonds is 0. The summed E-state index contributed by atoms with van der Waals surface area (Å²) in [6.07, 6.45) is 0. The van der Waals surface area contributed by atoms with Crippen LogP contribution in [0.5, 0.6) is 0 Å². The van der Waals surface area contributed by atoms with Crippen LogP contribution in [0.1, 0.15) is 0 Å². The van der Waals surface area contributed by atoms with Crippen LogP contribution in [0.4, 0.5) is 0 Å². The molecule has 0 saturated heterocycles. The van der Waals surface area contributed by atoms with Crippen molar-refractivity contribution in [2.45, 2.75) is 0 Å². The third kappa shape index (κ3) is 6.86. The fourth-order valence-electron chi connectivity index (χ4n) is 3.45. The number of thioether (sulfide) groups is 20. The molecule has 216 valence electrons. The molecule has 9 aliphatic rings. The normalized spacial score (nSPS) is 27.8. The molecule has 9 aliphatic heterocycles. The molecule has 0 atom stereocenters. The van der Waals surface area contributed by atoms with Gasteiger partial charge in [-0.2, -0.15) is 0 Å². The molecule has 9 rings (SSSR count). The van der Waals surface area contributed by atoms with E-state index in [1.54, 1.807) is 0 Å². The average molecular weight is 914 g/mol. The van der Waals surface area contributed by atoms with E-state index in [2.05, 4.69) is 21.6 Å². The van der Waals surface area contributed by atoms with Crippen LogP contribution < -0.4 is 0 Å².